The Balaban J connectivity index is 2.54. The number of hydrogen-bond acceptors (Lipinski definition) is 5. The molecule has 1 aromatic carbocycles. The smallest absolute Gasteiger partial charge is 0.337 e. The van der Waals surface area contributed by atoms with E-state index in [1.807, 2.05) is 5.38 Å². The van der Waals surface area contributed by atoms with Gasteiger partial charge in [0, 0.05) is 4.88 Å². The SMILES string of the molecule is COc1cc(/C=C(\C(=O)O)c2cccs2)cc(OC)c1O. The summed E-state index contributed by atoms with van der Waals surface area (Å²) in [5, 5.41) is 21.0. The van der Waals surface area contributed by atoms with Crippen LogP contribution in [0.3, 0.4) is 0 Å². The number of aliphatic carboxylic acids is 1. The maximum Gasteiger partial charge on any atom is 0.337 e. The molecule has 0 fully saturated rings. The highest BCUT2D eigenvalue weighted by Crippen LogP contribution is 2.38. The number of rotatable bonds is 5. The monoisotopic (exact) mass is 306 g/mol. The number of thiophene rings is 1. The van der Waals surface area contributed by atoms with Gasteiger partial charge in [-0.25, -0.2) is 4.79 Å². The van der Waals surface area contributed by atoms with Crippen molar-refractivity contribution in [1.29, 1.82) is 0 Å². The Labute approximate surface area is 125 Å². The fraction of sp³-hybridized carbons (Fsp3) is 0.133. The number of carboxylic acid groups (broad SMARTS) is 1. The van der Waals surface area contributed by atoms with Gasteiger partial charge in [-0.05, 0) is 35.2 Å². The molecule has 5 nitrogen and oxygen atoms in total. The van der Waals surface area contributed by atoms with Crippen molar-refractivity contribution in [1.82, 2.24) is 0 Å². The first kappa shape index (κ1) is 14.9. The van der Waals surface area contributed by atoms with Gasteiger partial charge in [0.05, 0.1) is 19.8 Å². The van der Waals surface area contributed by atoms with Crippen LogP contribution in [0.2, 0.25) is 0 Å². The molecule has 0 aliphatic rings. The minimum atomic E-state index is -1.02. The van der Waals surface area contributed by atoms with Crippen molar-refractivity contribution < 1.29 is 24.5 Å². The predicted molar refractivity (Wildman–Crippen MR) is 81.0 cm³/mol. The van der Waals surface area contributed by atoms with Gasteiger partial charge in [-0.1, -0.05) is 6.07 Å². The summed E-state index contributed by atoms with van der Waals surface area (Å²) in [6, 6.07) is 6.62. The Morgan fingerprint density at radius 3 is 2.29 bits per heavy atom. The number of phenolic OH excluding ortho intramolecular Hbond substituents is 1. The second kappa shape index (κ2) is 6.32. The lowest BCUT2D eigenvalue weighted by Gasteiger charge is -2.10. The molecule has 21 heavy (non-hydrogen) atoms. The molecule has 0 bridgehead atoms. The summed E-state index contributed by atoms with van der Waals surface area (Å²) in [5.74, 6) is -0.707. The Bertz CT molecular complexity index is 648. The van der Waals surface area contributed by atoms with Crippen molar-refractivity contribution in [2.24, 2.45) is 0 Å². The third-order valence-electron chi connectivity index (χ3n) is 2.83. The summed E-state index contributed by atoms with van der Waals surface area (Å²) in [6.07, 6.45) is 1.51. The lowest BCUT2D eigenvalue weighted by atomic mass is 10.1. The summed E-state index contributed by atoms with van der Waals surface area (Å²) in [4.78, 5) is 12.1. The van der Waals surface area contributed by atoms with Crippen LogP contribution in [0, 0.1) is 0 Å². The molecule has 0 spiro atoms. The Morgan fingerprint density at radius 2 is 1.86 bits per heavy atom. The number of benzene rings is 1. The molecule has 0 saturated heterocycles. The van der Waals surface area contributed by atoms with E-state index >= 15 is 0 Å². The number of methoxy groups -OCH3 is 2. The molecule has 1 heterocycles. The fourth-order valence-corrected chi connectivity index (χ4v) is 2.57. The van der Waals surface area contributed by atoms with Crippen LogP contribution >= 0.6 is 11.3 Å². The second-order valence-corrected chi connectivity index (χ2v) is 5.06. The third kappa shape index (κ3) is 3.17. The summed E-state index contributed by atoms with van der Waals surface area (Å²) in [6.45, 7) is 0. The van der Waals surface area contributed by atoms with Crippen molar-refractivity contribution in [3.8, 4) is 17.2 Å². The molecule has 0 amide bonds. The quantitative estimate of drug-likeness (QED) is 0.830. The van der Waals surface area contributed by atoms with E-state index in [2.05, 4.69) is 0 Å². The summed E-state index contributed by atoms with van der Waals surface area (Å²) in [5.41, 5.74) is 0.729. The average molecular weight is 306 g/mol. The van der Waals surface area contributed by atoms with Crippen LogP contribution in [0.15, 0.2) is 29.6 Å². The molecule has 0 atom stereocenters. The van der Waals surface area contributed by atoms with Crippen molar-refractivity contribution >= 4 is 29.0 Å². The maximum atomic E-state index is 11.4. The van der Waals surface area contributed by atoms with E-state index in [0.29, 0.717) is 10.4 Å². The van der Waals surface area contributed by atoms with E-state index in [-0.39, 0.29) is 22.8 Å². The van der Waals surface area contributed by atoms with Crippen LogP contribution < -0.4 is 9.47 Å². The zero-order valence-electron chi connectivity index (χ0n) is 11.5. The van der Waals surface area contributed by atoms with Crippen molar-refractivity contribution in [2.75, 3.05) is 14.2 Å². The van der Waals surface area contributed by atoms with Crippen LogP contribution in [-0.4, -0.2) is 30.4 Å². The lowest BCUT2D eigenvalue weighted by Crippen LogP contribution is -1.98. The Kier molecular flexibility index (Phi) is 4.49. The van der Waals surface area contributed by atoms with Gasteiger partial charge in [0.1, 0.15) is 0 Å². The van der Waals surface area contributed by atoms with E-state index in [1.54, 1.807) is 24.3 Å². The fourth-order valence-electron chi connectivity index (χ4n) is 1.83. The minimum absolute atomic E-state index is 0.120. The molecular formula is C15H14O5S. The molecule has 2 aromatic rings. The van der Waals surface area contributed by atoms with Gasteiger partial charge in [0.15, 0.2) is 11.5 Å². The molecule has 1 aromatic heterocycles. The molecule has 0 saturated carbocycles. The van der Waals surface area contributed by atoms with Crippen molar-refractivity contribution in [3.05, 3.63) is 40.1 Å². The number of carboxylic acids is 1. The number of carbonyl (C=O) groups is 1. The normalized spacial score (nSPS) is 11.2. The molecular weight excluding hydrogens is 292 g/mol. The van der Waals surface area contributed by atoms with Crippen LogP contribution in [-0.2, 0) is 4.79 Å². The van der Waals surface area contributed by atoms with E-state index in [4.69, 9.17) is 9.47 Å². The largest absolute Gasteiger partial charge is 0.502 e. The van der Waals surface area contributed by atoms with E-state index in [9.17, 15) is 15.0 Å². The third-order valence-corrected chi connectivity index (χ3v) is 3.73. The van der Waals surface area contributed by atoms with Gasteiger partial charge in [0.25, 0.3) is 0 Å². The molecule has 0 aliphatic heterocycles. The molecule has 2 rings (SSSR count). The van der Waals surface area contributed by atoms with Gasteiger partial charge in [-0.15, -0.1) is 11.3 Å². The molecule has 110 valence electrons. The van der Waals surface area contributed by atoms with Gasteiger partial charge in [-0.2, -0.15) is 0 Å². The van der Waals surface area contributed by atoms with Crippen LogP contribution in [0.25, 0.3) is 11.6 Å². The first-order valence-electron chi connectivity index (χ1n) is 6.00. The van der Waals surface area contributed by atoms with Gasteiger partial charge >= 0.3 is 5.97 Å². The summed E-state index contributed by atoms with van der Waals surface area (Å²) >= 11 is 1.34. The van der Waals surface area contributed by atoms with Gasteiger partial charge in [0.2, 0.25) is 5.75 Å². The Morgan fingerprint density at radius 1 is 1.24 bits per heavy atom. The molecule has 0 unspecified atom stereocenters. The van der Waals surface area contributed by atoms with Crippen LogP contribution in [0.1, 0.15) is 10.4 Å². The number of ether oxygens (including phenoxy) is 2. The van der Waals surface area contributed by atoms with Crippen LogP contribution in [0.4, 0.5) is 0 Å². The van der Waals surface area contributed by atoms with Crippen molar-refractivity contribution in [2.45, 2.75) is 0 Å². The van der Waals surface area contributed by atoms with Gasteiger partial charge in [-0.3, -0.25) is 0 Å². The molecule has 0 aliphatic carbocycles. The zero-order valence-corrected chi connectivity index (χ0v) is 12.3. The standard InChI is InChI=1S/C15H14O5S/c1-19-11-7-9(8-12(20-2)14(11)16)6-10(15(17)18)13-4-3-5-21-13/h3-8,16H,1-2H3,(H,17,18)/b10-6-. The van der Waals surface area contributed by atoms with E-state index < -0.39 is 5.97 Å². The molecule has 2 N–H and O–H groups in total. The van der Waals surface area contributed by atoms with E-state index in [0.717, 1.165) is 0 Å². The minimum Gasteiger partial charge on any atom is -0.502 e. The highest BCUT2D eigenvalue weighted by atomic mass is 32.1. The lowest BCUT2D eigenvalue weighted by molar-refractivity contribution is -0.130. The number of aromatic hydroxyl groups is 1. The topological polar surface area (TPSA) is 76.0 Å². The molecule has 6 heteroatoms. The average Bonchev–Trinajstić information content (AvgIpc) is 2.99. The highest BCUT2D eigenvalue weighted by molar-refractivity contribution is 7.11. The summed E-state index contributed by atoms with van der Waals surface area (Å²) < 4.78 is 10.1. The maximum absolute atomic E-state index is 11.4. The van der Waals surface area contributed by atoms with Gasteiger partial charge < -0.3 is 19.7 Å². The Hall–Kier alpha value is -2.47. The van der Waals surface area contributed by atoms with Crippen molar-refractivity contribution in [3.63, 3.8) is 0 Å². The summed E-state index contributed by atoms with van der Waals surface area (Å²) in [7, 11) is 2.83. The highest BCUT2D eigenvalue weighted by Gasteiger charge is 2.14. The predicted octanol–water partition coefficient (Wildman–Crippen LogP) is 3.10. The second-order valence-electron chi connectivity index (χ2n) is 4.11. The zero-order chi connectivity index (χ0) is 15.4. The number of phenols is 1. The molecule has 0 radical (unpaired) electrons. The van der Waals surface area contributed by atoms with Crippen LogP contribution in [0.5, 0.6) is 17.2 Å². The number of hydrogen-bond donors (Lipinski definition) is 2. The first-order valence-corrected chi connectivity index (χ1v) is 6.88. The van der Waals surface area contributed by atoms with E-state index in [1.165, 1.54) is 31.6 Å². The first-order chi connectivity index (χ1) is 10.1.